The van der Waals surface area contributed by atoms with E-state index in [0.717, 1.165) is 29.3 Å². The van der Waals surface area contributed by atoms with Crippen LogP contribution in [-0.4, -0.2) is 30.0 Å². The third-order valence-electron chi connectivity index (χ3n) is 3.55. The molecule has 1 aliphatic rings. The number of nitrogens with zero attached hydrogens (tertiary/aromatic N) is 2. The maximum atomic E-state index is 11.7. The van der Waals surface area contributed by atoms with E-state index in [1.807, 2.05) is 32.4 Å². The molecule has 1 amide bonds. The van der Waals surface area contributed by atoms with Crippen LogP contribution in [0.3, 0.4) is 0 Å². The molecule has 0 saturated heterocycles. The molecule has 5 nitrogen and oxygen atoms in total. The van der Waals surface area contributed by atoms with Gasteiger partial charge in [0.1, 0.15) is 0 Å². The van der Waals surface area contributed by atoms with Gasteiger partial charge in [0, 0.05) is 31.8 Å². The predicted molar refractivity (Wildman–Crippen MR) is 75.3 cm³/mol. The van der Waals surface area contributed by atoms with Gasteiger partial charge in [-0.1, -0.05) is 6.07 Å². The molecule has 1 aromatic carbocycles. The Labute approximate surface area is 111 Å². The van der Waals surface area contributed by atoms with Crippen molar-refractivity contribution in [2.45, 2.75) is 12.8 Å². The van der Waals surface area contributed by atoms with Crippen LogP contribution in [0.4, 0.5) is 11.6 Å². The van der Waals surface area contributed by atoms with Gasteiger partial charge in [-0.2, -0.15) is 0 Å². The van der Waals surface area contributed by atoms with Crippen LogP contribution in [0.25, 0.3) is 11.3 Å². The minimum Gasteiger partial charge on any atom is -0.359 e. The van der Waals surface area contributed by atoms with Gasteiger partial charge in [0.05, 0.1) is 11.9 Å². The highest BCUT2D eigenvalue weighted by Gasteiger charge is 2.21. The molecule has 0 radical (unpaired) electrons. The molecule has 0 unspecified atom stereocenters. The largest absolute Gasteiger partial charge is 0.359 e. The first-order valence-corrected chi connectivity index (χ1v) is 6.31. The maximum Gasteiger partial charge on any atom is 0.227 e. The van der Waals surface area contributed by atoms with Gasteiger partial charge in [-0.15, -0.1) is 0 Å². The number of hydrogen-bond acceptors (Lipinski definition) is 3. The van der Waals surface area contributed by atoms with Crippen molar-refractivity contribution in [1.82, 2.24) is 9.97 Å². The first-order valence-electron chi connectivity index (χ1n) is 6.31. The zero-order chi connectivity index (χ0) is 13.4. The molecular formula is C14H16N4O. The molecule has 0 saturated carbocycles. The zero-order valence-corrected chi connectivity index (χ0v) is 11.0. The summed E-state index contributed by atoms with van der Waals surface area (Å²) in [6, 6.07) is 6.15. The average molecular weight is 256 g/mol. The molecule has 3 rings (SSSR count). The van der Waals surface area contributed by atoms with Crippen molar-refractivity contribution in [3.8, 4) is 11.3 Å². The number of hydrogen-bond donors (Lipinski definition) is 2. The number of benzene rings is 1. The van der Waals surface area contributed by atoms with E-state index in [4.69, 9.17) is 0 Å². The van der Waals surface area contributed by atoms with Crippen molar-refractivity contribution in [2.75, 3.05) is 24.3 Å². The van der Waals surface area contributed by atoms with Gasteiger partial charge in [0.2, 0.25) is 5.91 Å². The smallest absolute Gasteiger partial charge is 0.227 e. The van der Waals surface area contributed by atoms with Crippen LogP contribution >= 0.6 is 0 Å². The van der Waals surface area contributed by atoms with Crippen molar-refractivity contribution in [3.63, 3.8) is 0 Å². The fourth-order valence-electron chi connectivity index (χ4n) is 2.42. The molecular weight excluding hydrogens is 240 g/mol. The third kappa shape index (κ3) is 1.97. The van der Waals surface area contributed by atoms with Crippen LogP contribution in [0, 0.1) is 0 Å². The first-order chi connectivity index (χ1) is 9.19. The summed E-state index contributed by atoms with van der Waals surface area (Å²) in [5.74, 6) is 0.930. The number of carbonyl (C=O) groups is 1. The average Bonchev–Trinajstić information content (AvgIpc) is 2.91. The fourth-order valence-corrected chi connectivity index (χ4v) is 2.42. The number of anilines is 2. The minimum absolute atomic E-state index is 0.180. The van der Waals surface area contributed by atoms with Crippen LogP contribution in [0.2, 0.25) is 0 Å². The Balaban J connectivity index is 1.99. The molecule has 5 heteroatoms. The lowest BCUT2D eigenvalue weighted by molar-refractivity contribution is -0.118. The van der Waals surface area contributed by atoms with Crippen LogP contribution in [0.15, 0.2) is 24.4 Å². The van der Waals surface area contributed by atoms with E-state index in [9.17, 15) is 4.79 Å². The van der Waals surface area contributed by atoms with Crippen molar-refractivity contribution < 1.29 is 4.79 Å². The van der Waals surface area contributed by atoms with E-state index in [-0.39, 0.29) is 5.91 Å². The number of fused-ring (bicyclic) bond motifs is 1. The van der Waals surface area contributed by atoms with Gasteiger partial charge in [-0.25, -0.2) is 4.98 Å². The molecule has 0 atom stereocenters. The minimum atomic E-state index is 0.180. The lowest BCUT2D eigenvalue weighted by Crippen LogP contribution is -2.30. The number of aromatic amines is 1. The number of amides is 1. The van der Waals surface area contributed by atoms with Gasteiger partial charge in [-0.05, 0) is 24.1 Å². The predicted octanol–water partition coefficient (Wildman–Crippen LogP) is 2.03. The van der Waals surface area contributed by atoms with Crippen LogP contribution in [0.1, 0.15) is 12.0 Å². The SMILES string of the molecule is CNc1ncc(-c2ccc3c(c2)CCC(=O)N3C)[nH]1. The fraction of sp³-hybridized carbons (Fsp3) is 0.286. The molecule has 0 bridgehead atoms. The van der Waals surface area contributed by atoms with Gasteiger partial charge in [-0.3, -0.25) is 4.79 Å². The Morgan fingerprint density at radius 1 is 1.37 bits per heavy atom. The second kappa shape index (κ2) is 4.42. The van der Waals surface area contributed by atoms with E-state index in [1.165, 1.54) is 5.56 Å². The maximum absolute atomic E-state index is 11.7. The monoisotopic (exact) mass is 256 g/mol. The molecule has 19 heavy (non-hydrogen) atoms. The molecule has 2 N–H and O–H groups in total. The molecule has 0 aliphatic carbocycles. The second-order valence-corrected chi connectivity index (χ2v) is 4.69. The van der Waals surface area contributed by atoms with Crippen LogP contribution in [0.5, 0.6) is 0 Å². The summed E-state index contributed by atoms with van der Waals surface area (Å²) in [7, 11) is 3.66. The normalized spacial score (nSPS) is 14.4. The Hall–Kier alpha value is -2.30. The Morgan fingerprint density at radius 2 is 2.21 bits per heavy atom. The molecule has 0 fully saturated rings. The highest BCUT2D eigenvalue weighted by atomic mass is 16.2. The summed E-state index contributed by atoms with van der Waals surface area (Å²) in [4.78, 5) is 20.8. The first kappa shape index (κ1) is 11.8. The lowest BCUT2D eigenvalue weighted by Gasteiger charge is -2.26. The Morgan fingerprint density at radius 3 is 2.95 bits per heavy atom. The standard InChI is InChI=1S/C14H16N4O/c1-15-14-16-8-11(17-14)9-3-5-12-10(7-9)4-6-13(19)18(12)2/h3,5,7-8H,4,6H2,1-2H3,(H2,15,16,17). The number of aromatic nitrogens is 2. The van der Waals surface area contributed by atoms with Gasteiger partial charge in [0.15, 0.2) is 5.95 Å². The van der Waals surface area contributed by atoms with Crippen molar-refractivity contribution in [1.29, 1.82) is 0 Å². The quantitative estimate of drug-likeness (QED) is 0.864. The van der Waals surface area contributed by atoms with Crippen molar-refractivity contribution >= 4 is 17.5 Å². The molecule has 98 valence electrons. The van der Waals surface area contributed by atoms with E-state index in [1.54, 1.807) is 4.90 Å². The van der Waals surface area contributed by atoms with Crippen LogP contribution < -0.4 is 10.2 Å². The third-order valence-corrected chi connectivity index (χ3v) is 3.55. The van der Waals surface area contributed by atoms with E-state index in [0.29, 0.717) is 6.42 Å². The van der Waals surface area contributed by atoms with E-state index in [2.05, 4.69) is 21.4 Å². The zero-order valence-electron chi connectivity index (χ0n) is 11.0. The number of imidazole rings is 1. The molecule has 2 heterocycles. The second-order valence-electron chi connectivity index (χ2n) is 4.69. The molecule has 0 spiro atoms. The highest BCUT2D eigenvalue weighted by molar-refractivity contribution is 5.96. The summed E-state index contributed by atoms with van der Waals surface area (Å²) < 4.78 is 0. The van der Waals surface area contributed by atoms with Crippen molar-refractivity contribution in [2.24, 2.45) is 0 Å². The van der Waals surface area contributed by atoms with Gasteiger partial charge < -0.3 is 15.2 Å². The topological polar surface area (TPSA) is 61.0 Å². The summed E-state index contributed by atoms with van der Waals surface area (Å²) in [6.45, 7) is 0. The number of aryl methyl sites for hydroxylation is 1. The lowest BCUT2D eigenvalue weighted by atomic mass is 9.98. The Kier molecular flexibility index (Phi) is 2.74. The number of carbonyl (C=O) groups excluding carboxylic acids is 1. The van der Waals surface area contributed by atoms with E-state index < -0.39 is 0 Å². The molecule has 1 aromatic heterocycles. The van der Waals surface area contributed by atoms with Crippen molar-refractivity contribution in [3.05, 3.63) is 30.0 Å². The molecule has 2 aromatic rings. The molecule has 1 aliphatic heterocycles. The Bertz CT molecular complexity index is 632. The number of rotatable bonds is 2. The van der Waals surface area contributed by atoms with Gasteiger partial charge in [0.25, 0.3) is 0 Å². The van der Waals surface area contributed by atoms with E-state index >= 15 is 0 Å². The number of H-pyrrole nitrogens is 1. The summed E-state index contributed by atoms with van der Waals surface area (Å²) in [5.41, 5.74) is 4.29. The summed E-state index contributed by atoms with van der Waals surface area (Å²) in [6.07, 6.45) is 3.20. The van der Waals surface area contributed by atoms with Crippen LogP contribution in [-0.2, 0) is 11.2 Å². The summed E-state index contributed by atoms with van der Waals surface area (Å²) in [5, 5.41) is 2.97. The number of nitrogens with one attached hydrogen (secondary N) is 2. The van der Waals surface area contributed by atoms with Gasteiger partial charge >= 0.3 is 0 Å². The highest BCUT2D eigenvalue weighted by Crippen LogP contribution is 2.30. The summed E-state index contributed by atoms with van der Waals surface area (Å²) >= 11 is 0.